The Kier molecular flexibility index (Phi) is 3.95. The Balaban J connectivity index is 2.33. The number of amides is 1. The molecular weight excluding hydrogens is 279 g/mol. The van der Waals surface area contributed by atoms with Gasteiger partial charge in [-0.15, -0.1) is 0 Å². The van der Waals surface area contributed by atoms with Gasteiger partial charge in [0.2, 0.25) is 0 Å². The molecule has 3 N–H and O–H groups in total. The van der Waals surface area contributed by atoms with Gasteiger partial charge in [-0.05, 0) is 49.2 Å². The van der Waals surface area contributed by atoms with E-state index in [1.165, 1.54) is 18.2 Å². The molecule has 0 aromatic heterocycles. The minimum Gasteiger partial charge on any atom is -0.399 e. The van der Waals surface area contributed by atoms with Crippen LogP contribution in [-0.2, 0) is 0 Å². The van der Waals surface area contributed by atoms with Crippen molar-refractivity contribution in [3.8, 4) is 0 Å². The third-order valence-electron chi connectivity index (χ3n) is 3.06. The number of aryl methyl sites for hydroxylation is 2. The first-order chi connectivity index (χ1) is 9.40. The predicted octanol–water partition coefficient (Wildman–Crippen LogP) is 3.93. The van der Waals surface area contributed by atoms with Crippen molar-refractivity contribution in [1.82, 2.24) is 0 Å². The molecule has 0 spiro atoms. The molecule has 0 heterocycles. The topological polar surface area (TPSA) is 55.1 Å². The third kappa shape index (κ3) is 2.75. The Hall–Kier alpha value is -2.07. The lowest BCUT2D eigenvalue weighted by Crippen LogP contribution is -2.15. The van der Waals surface area contributed by atoms with Crippen molar-refractivity contribution in [2.75, 3.05) is 11.1 Å². The van der Waals surface area contributed by atoms with Crippen molar-refractivity contribution >= 4 is 28.9 Å². The SMILES string of the molecule is Cc1cc(NC(=O)c2cccc(Cl)c2F)c(C)cc1N. The summed E-state index contributed by atoms with van der Waals surface area (Å²) in [7, 11) is 0. The van der Waals surface area contributed by atoms with Crippen LogP contribution in [0.4, 0.5) is 15.8 Å². The first-order valence-electron chi connectivity index (χ1n) is 6.02. The van der Waals surface area contributed by atoms with Crippen molar-refractivity contribution in [2.24, 2.45) is 0 Å². The average Bonchev–Trinajstić information content (AvgIpc) is 2.39. The summed E-state index contributed by atoms with van der Waals surface area (Å²) in [4.78, 5) is 12.1. The van der Waals surface area contributed by atoms with Gasteiger partial charge < -0.3 is 11.1 Å². The van der Waals surface area contributed by atoms with Gasteiger partial charge in [0.25, 0.3) is 5.91 Å². The summed E-state index contributed by atoms with van der Waals surface area (Å²) in [5.41, 5.74) is 8.59. The van der Waals surface area contributed by atoms with Gasteiger partial charge in [-0.25, -0.2) is 4.39 Å². The summed E-state index contributed by atoms with van der Waals surface area (Å²) in [6.07, 6.45) is 0. The van der Waals surface area contributed by atoms with Gasteiger partial charge in [0.1, 0.15) is 0 Å². The summed E-state index contributed by atoms with van der Waals surface area (Å²) in [6, 6.07) is 7.83. The number of nitrogen functional groups attached to an aromatic ring is 1. The number of halogens is 2. The van der Waals surface area contributed by atoms with E-state index in [4.69, 9.17) is 17.3 Å². The largest absolute Gasteiger partial charge is 0.399 e. The van der Waals surface area contributed by atoms with Crippen LogP contribution in [0.25, 0.3) is 0 Å². The maximum absolute atomic E-state index is 13.8. The Morgan fingerprint density at radius 3 is 2.65 bits per heavy atom. The molecule has 2 aromatic rings. The van der Waals surface area contributed by atoms with E-state index in [1.54, 1.807) is 12.1 Å². The van der Waals surface area contributed by atoms with Crippen LogP contribution in [0.3, 0.4) is 0 Å². The van der Waals surface area contributed by atoms with Gasteiger partial charge in [0.05, 0.1) is 10.6 Å². The number of carbonyl (C=O) groups is 1. The van der Waals surface area contributed by atoms with Crippen molar-refractivity contribution in [2.45, 2.75) is 13.8 Å². The number of benzene rings is 2. The molecule has 0 unspecified atom stereocenters. The highest BCUT2D eigenvalue weighted by molar-refractivity contribution is 6.31. The fourth-order valence-corrected chi connectivity index (χ4v) is 2.02. The third-order valence-corrected chi connectivity index (χ3v) is 3.35. The van der Waals surface area contributed by atoms with Crippen LogP contribution in [0, 0.1) is 19.7 Å². The number of hydrogen-bond donors (Lipinski definition) is 2. The molecule has 2 rings (SSSR count). The quantitative estimate of drug-likeness (QED) is 0.824. The first kappa shape index (κ1) is 14.3. The summed E-state index contributed by atoms with van der Waals surface area (Å²) in [5, 5.41) is 2.59. The number of anilines is 2. The molecule has 0 radical (unpaired) electrons. The Morgan fingerprint density at radius 2 is 1.95 bits per heavy atom. The second kappa shape index (κ2) is 5.51. The van der Waals surface area contributed by atoms with E-state index < -0.39 is 11.7 Å². The Morgan fingerprint density at radius 1 is 1.25 bits per heavy atom. The minimum atomic E-state index is -0.725. The highest BCUT2D eigenvalue weighted by Gasteiger charge is 2.15. The molecule has 0 aliphatic heterocycles. The molecule has 5 heteroatoms. The molecule has 20 heavy (non-hydrogen) atoms. The van der Waals surface area contributed by atoms with Crippen LogP contribution in [-0.4, -0.2) is 5.91 Å². The highest BCUT2D eigenvalue weighted by Crippen LogP contribution is 2.24. The molecule has 104 valence electrons. The van der Waals surface area contributed by atoms with E-state index in [0.717, 1.165) is 11.1 Å². The van der Waals surface area contributed by atoms with E-state index in [2.05, 4.69) is 5.32 Å². The van der Waals surface area contributed by atoms with Crippen LogP contribution in [0.2, 0.25) is 5.02 Å². The molecule has 1 amide bonds. The number of hydrogen-bond acceptors (Lipinski definition) is 2. The maximum Gasteiger partial charge on any atom is 0.258 e. The van der Waals surface area contributed by atoms with Gasteiger partial charge in [-0.1, -0.05) is 17.7 Å². The molecule has 0 saturated carbocycles. The minimum absolute atomic E-state index is 0.0807. The lowest BCUT2D eigenvalue weighted by molar-refractivity contribution is 0.102. The van der Waals surface area contributed by atoms with E-state index >= 15 is 0 Å². The molecule has 0 atom stereocenters. The van der Waals surface area contributed by atoms with Crippen molar-refractivity contribution < 1.29 is 9.18 Å². The number of nitrogens with one attached hydrogen (secondary N) is 1. The van der Waals surface area contributed by atoms with Crippen LogP contribution < -0.4 is 11.1 Å². The molecule has 0 saturated heterocycles. The molecule has 0 fully saturated rings. The zero-order chi connectivity index (χ0) is 14.9. The van der Waals surface area contributed by atoms with E-state index in [1.807, 2.05) is 13.8 Å². The molecule has 0 aliphatic rings. The summed E-state index contributed by atoms with van der Waals surface area (Å²) in [6.45, 7) is 3.66. The Labute approximate surface area is 121 Å². The predicted molar refractivity (Wildman–Crippen MR) is 79.7 cm³/mol. The number of nitrogens with two attached hydrogens (primary N) is 1. The number of rotatable bonds is 2. The van der Waals surface area contributed by atoms with Crippen LogP contribution in [0.15, 0.2) is 30.3 Å². The maximum atomic E-state index is 13.8. The van der Waals surface area contributed by atoms with Crippen LogP contribution in [0.1, 0.15) is 21.5 Å². The fourth-order valence-electron chi connectivity index (χ4n) is 1.84. The van der Waals surface area contributed by atoms with Gasteiger partial charge in [0, 0.05) is 11.4 Å². The molecule has 2 aromatic carbocycles. The molecular formula is C15H14ClFN2O. The molecule has 0 aliphatic carbocycles. The number of carbonyl (C=O) groups excluding carboxylic acids is 1. The van der Waals surface area contributed by atoms with E-state index in [-0.39, 0.29) is 10.6 Å². The smallest absolute Gasteiger partial charge is 0.258 e. The summed E-state index contributed by atoms with van der Waals surface area (Å²) < 4.78 is 13.8. The average molecular weight is 293 g/mol. The molecule has 3 nitrogen and oxygen atoms in total. The first-order valence-corrected chi connectivity index (χ1v) is 6.40. The van der Waals surface area contributed by atoms with Gasteiger partial charge >= 0.3 is 0 Å². The van der Waals surface area contributed by atoms with E-state index in [0.29, 0.717) is 11.4 Å². The lowest BCUT2D eigenvalue weighted by Gasteiger charge is -2.12. The monoisotopic (exact) mass is 292 g/mol. The van der Waals surface area contributed by atoms with Crippen molar-refractivity contribution in [3.05, 3.63) is 57.9 Å². The van der Waals surface area contributed by atoms with Gasteiger partial charge in [0.15, 0.2) is 5.82 Å². The summed E-state index contributed by atoms with van der Waals surface area (Å²) in [5.74, 6) is -1.27. The van der Waals surface area contributed by atoms with Crippen LogP contribution >= 0.6 is 11.6 Å². The van der Waals surface area contributed by atoms with Crippen LogP contribution in [0.5, 0.6) is 0 Å². The second-order valence-electron chi connectivity index (χ2n) is 4.58. The normalized spacial score (nSPS) is 10.4. The molecule has 0 bridgehead atoms. The van der Waals surface area contributed by atoms with Crippen molar-refractivity contribution in [3.63, 3.8) is 0 Å². The standard InChI is InChI=1S/C15H14ClFN2O/c1-8-7-13(9(2)6-12(8)18)19-15(20)10-4-3-5-11(16)14(10)17/h3-7H,18H2,1-2H3,(H,19,20). The highest BCUT2D eigenvalue weighted by atomic mass is 35.5. The van der Waals surface area contributed by atoms with E-state index in [9.17, 15) is 9.18 Å². The summed E-state index contributed by atoms with van der Waals surface area (Å²) >= 11 is 5.67. The zero-order valence-electron chi connectivity index (χ0n) is 11.1. The zero-order valence-corrected chi connectivity index (χ0v) is 11.9. The van der Waals surface area contributed by atoms with Gasteiger partial charge in [-0.2, -0.15) is 0 Å². The van der Waals surface area contributed by atoms with Crippen molar-refractivity contribution in [1.29, 1.82) is 0 Å². The second-order valence-corrected chi connectivity index (χ2v) is 4.99. The Bertz CT molecular complexity index is 686. The van der Waals surface area contributed by atoms with Gasteiger partial charge in [-0.3, -0.25) is 4.79 Å². The lowest BCUT2D eigenvalue weighted by atomic mass is 10.1. The fraction of sp³-hybridized carbons (Fsp3) is 0.133.